The second kappa shape index (κ2) is 5.39. The second-order valence-electron chi connectivity index (χ2n) is 4.03. The molecule has 104 valence electrons. The highest BCUT2D eigenvalue weighted by molar-refractivity contribution is 6.07. The summed E-state index contributed by atoms with van der Waals surface area (Å²) in [5.74, 6) is -0.499. The van der Waals surface area contributed by atoms with Crippen molar-refractivity contribution < 1.29 is 14.2 Å². The Morgan fingerprint density at radius 3 is 2.70 bits per heavy atom. The summed E-state index contributed by atoms with van der Waals surface area (Å²) in [6.07, 6.45) is 0. The van der Waals surface area contributed by atoms with Crippen molar-refractivity contribution in [2.24, 2.45) is 0 Å². The van der Waals surface area contributed by atoms with Crippen LogP contribution in [0.5, 0.6) is 0 Å². The molecule has 0 spiro atoms. The van der Waals surface area contributed by atoms with E-state index in [-0.39, 0.29) is 17.1 Å². The molecule has 2 rings (SSSR count). The van der Waals surface area contributed by atoms with Gasteiger partial charge in [-0.1, -0.05) is 5.16 Å². The predicted molar refractivity (Wildman–Crippen MR) is 71.8 cm³/mol. The lowest BCUT2D eigenvalue weighted by molar-refractivity contribution is -0.385. The average Bonchev–Trinajstić information content (AvgIpc) is 2.83. The van der Waals surface area contributed by atoms with Gasteiger partial charge in [-0.2, -0.15) is 0 Å². The summed E-state index contributed by atoms with van der Waals surface area (Å²) < 4.78 is 4.85. The van der Waals surface area contributed by atoms with E-state index in [2.05, 4.69) is 15.8 Å². The molecule has 0 bridgehead atoms. The van der Waals surface area contributed by atoms with Gasteiger partial charge in [-0.3, -0.25) is 20.2 Å². The number of rotatable bonds is 4. The molecule has 8 nitrogen and oxygen atoms in total. The van der Waals surface area contributed by atoms with Gasteiger partial charge in [0.2, 0.25) is 5.88 Å². The largest absolute Gasteiger partial charge is 0.388 e. The van der Waals surface area contributed by atoms with Gasteiger partial charge in [0, 0.05) is 24.9 Å². The van der Waals surface area contributed by atoms with Gasteiger partial charge >= 0.3 is 0 Å². The molecule has 0 unspecified atom stereocenters. The van der Waals surface area contributed by atoms with Crippen molar-refractivity contribution in [3.05, 3.63) is 45.6 Å². The maximum atomic E-state index is 12.1. The first kappa shape index (κ1) is 13.5. The number of hydrogen-bond acceptors (Lipinski definition) is 6. The van der Waals surface area contributed by atoms with E-state index >= 15 is 0 Å². The fourth-order valence-corrected chi connectivity index (χ4v) is 1.63. The van der Waals surface area contributed by atoms with Crippen LogP contribution in [0, 0.1) is 17.0 Å². The van der Waals surface area contributed by atoms with Crippen LogP contribution in [0.25, 0.3) is 0 Å². The lowest BCUT2D eigenvalue weighted by atomic mass is 10.1. The molecule has 0 saturated carbocycles. The maximum Gasteiger partial charge on any atom is 0.282 e. The zero-order valence-electron chi connectivity index (χ0n) is 10.8. The van der Waals surface area contributed by atoms with Gasteiger partial charge in [0.05, 0.1) is 10.6 Å². The third-order valence-electron chi connectivity index (χ3n) is 2.59. The monoisotopic (exact) mass is 276 g/mol. The number of aryl methyl sites for hydroxylation is 1. The summed E-state index contributed by atoms with van der Waals surface area (Å²) in [6.45, 7) is 1.70. The molecule has 0 aliphatic heterocycles. The third kappa shape index (κ3) is 2.74. The summed E-state index contributed by atoms with van der Waals surface area (Å²) >= 11 is 0. The topological polar surface area (TPSA) is 110 Å². The van der Waals surface area contributed by atoms with E-state index in [0.717, 1.165) is 0 Å². The molecule has 20 heavy (non-hydrogen) atoms. The van der Waals surface area contributed by atoms with Crippen LogP contribution in [0.3, 0.4) is 0 Å². The van der Waals surface area contributed by atoms with Gasteiger partial charge in [0.25, 0.3) is 11.6 Å². The van der Waals surface area contributed by atoms with Crippen LogP contribution in [0.2, 0.25) is 0 Å². The minimum absolute atomic E-state index is 0.0593. The van der Waals surface area contributed by atoms with E-state index in [4.69, 9.17) is 4.52 Å². The second-order valence-corrected chi connectivity index (χ2v) is 4.03. The van der Waals surface area contributed by atoms with Gasteiger partial charge in [0.15, 0.2) is 0 Å². The van der Waals surface area contributed by atoms with E-state index in [1.54, 1.807) is 14.0 Å². The molecular formula is C12H12N4O4. The Hall–Kier alpha value is -2.90. The first-order chi connectivity index (χ1) is 9.51. The number of hydrogen-bond donors (Lipinski definition) is 2. The first-order valence-electron chi connectivity index (χ1n) is 5.72. The Morgan fingerprint density at radius 1 is 1.40 bits per heavy atom. The highest BCUT2D eigenvalue weighted by atomic mass is 16.6. The van der Waals surface area contributed by atoms with E-state index in [1.807, 2.05) is 0 Å². The minimum atomic E-state index is -0.634. The summed E-state index contributed by atoms with van der Waals surface area (Å²) in [6, 6.07) is 5.71. The number of nitro benzene ring substituents is 1. The number of carbonyl (C=O) groups excluding carboxylic acids is 1. The normalized spacial score (nSPS) is 10.1. The molecule has 8 heteroatoms. The number of nitrogens with zero attached hydrogens (tertiary/aromatic N) is 2. The zero-order chi connectivity index (χ0) is 14.7. The Kier molecular flexibility index (Phi) is 3.65. The first-order valence-corrected chi connectivity index (χ1v) is 5.72. The molecule has 0 radical (unpaired) electrons. The Bertz CT molecular complexity index is 665. The van der Waals surface area contributed by atoms with Crippen molar-refractivity contribution in [1.82, 2.24) is 5.16 Å². The van der Waals surface area contributed by atoms with Crippen molar-refractivity contribution in [3.8, 4) is 0 Å². The summed E-state index contributed by atoms with van der Waals surface area (Å²) in [5, 5.41) is 19.8. The molecule has 0 saturated heterocycles. The zero-order valence-corrected chi connectivity index (χ0v) is 10.8. The number of aromatic nitrogens is 1. The molecule has 0 fully saturated rings. The number of carbonyl (C=O) groups is 1. The van der Waals surface area contributed by atoms with Crippen LogP contribution >= 0.6 is 0 Å². The molecule has 0 aliphatic carbocycles. The molecule has 2 aromatic rings. The van der Waals surface area contributed by atoms with Crippen LogP contribution in [-0.4, -0.2) is 23.0 Å². The Balaban J connectivity index is 2.34. The van der Waals surface area contributed by atoms with Gasteiger partial charge in [-0.25, -0.2) is 0 Å². The Morgan fingerprint density at radius 2 is 2.15 bits per heavy atom. The smallest absolute Gasteiger partial charge is 0.282 e. The van der Waals surface area contributed by atoms with Gasteiger partial charge in [0.1, 0.15) is 5.56 Å². The molecule has 1 aromatic heterocycles. The molecule has 1 amide bonds. The van der Waals surface area contributed by atoms with Crippen molar-refractivity contribution in [3.63, 3.8) is 0 Å². The number of amides is 1. The number of benzene rings is 1. The van der Waals surface area contributed by atoms with E-state index in [1.165, 1.54) is 24.3 Å². The summed E-state index contributed by atoms with van der Waals surface area (Å²) in [4.78, 5) is 22.4. The predicted octanol–water partition coefficient (Wildman–Crippen LogP) is 2.19. The van der Waals surface area contributed by atoms with Crippen LogP contribution in [-0.2, 0) is 0 Å². The van der Waals surface area contributed by atoms with Crippen LogP contribution in [0.1, 0.15) is 16.1 Å². The summed E-state index contributed by atoms with van der Waals surface area (Å²) in [5.41, 5.74) is 0.849. The average molecular weight is 276 g/mol. The van der Waals surface area contributed by atoms with Crippen molar-refractivity contribution >= 4 is 23.2 Å². The van der Waals surface area contributed by atoms with Gasteiger partial charge in [-0.05, 0) is 19.1 Å². The quantitative estimate of drug-likeness (QED) is 0.654. The lowest BCUT2D eigenvalue weighted by Crippen LogP contribution is -2.14. The molecule has 1 aromatic carbocycles. The van der Waals surface area contributed by atoms with Gasteiger partial charge in [-0.15, -0.1) is 0 Å². The highest BCUT2D eigenvalue weighted by Crippen LogP contribution is 2.23. The lowest BCUT2D eigenvalue weighted by Gasteiger charge is -2.05. The van der Waals surface area contributed by atoms with Crippen molar-refractivity contribution in [1.29, 1.82) is 0 Å². The van der Waals surface area contributed by atoms with E-state index < -0.39 is 10.8 Å². The number of nitro groups is 1. The molecule has 1 heterocycles. The molecular weight excluding hydrogens is 264 g/mol. The Labute approximate surface area is 113 Å². The number of nitrogens with one attached hydrogen (secondary N) is 2. The standard InChI is InChI=1S/C12H12N4O4/c1-7-5-11(20-15-7)14-12(17)9-6-8(13-2)3-4-10(9)16(18)19/h3-6,13H,1-2H3,(H,14,17). The fourth-order valence-electron chi connectivity index (χ4n) is 1.63. The number of anilines is 2. The van der Waals surface area contributed by atoms with Crippen molar-refractivity contribution in [2.45, 2.75) is 6.92 Å². The van der Waals surface area contributed by atoms with E-state index in [9.17, 15) is 14.9 Å². The third-order valence-corrected chi connectivity index (χ3v) is 2.59. The van der Waals surface area contributed by atoms with Crippen molar-refractivity contribution in [2.75, 3.05) is 17.7 Å². The maximum absolute atomic E-state index is 12.1. The summed E-state index contributed by atoms with van der Waals surface area (Å²) in [7, 11) is 1.66. The SMILES string of the molecule is CNc1ccc([N+](=O)[O-])c(C(=O)Nc2cc(C)no2)c1. The van der Waals surface area contributed by atoms with E-state index in [0.29, 0.717) is 11.4 Å². The van der Waals surface area contributed by atoms with Crippen LogP contribution in [0.4, 0.5) is 17.3 Å². The molecule has 2 N–H and O–H groups in total. The fraction of sp³-hybridized carbons (Fsp3) is 0.167. The highest BCUT2D eigenvalue weighted by Gasteiger charge is 2.21. The van der Waals surface area contributed by atoms with Crippen LogP contribution in [0.15, 0.2) is 28.8 Å². The molecule has 0 atom stereocenters. The van der Waals surface area contributed by atoms with Crippen LogP contribution < -0.4 is 10.6 Å². The minimum Gasteiger partial charge on any atom is -0.388 e. The van der Waals surface area contributed by atoms with Gasteiger partial charge < -0.3 is 9.84 Å². The molecule has 0 aliphatic rings.